The van der Waals surface area contributed by atoms with Gasteiger partial charge in [0.25, 0.3) is 0 Å². The minimum atomic E-state index is 0.558. The van der Waals surface area contributed by atoms with E-state index >= 15 is 0 Å². The van der Waals surface area contributed by atoms with Gasteiger partial charge in [0.05, 0.1) is 0 Å². The SMILES string of the molecule is CCCc1c(N)ncnc1N(C)C1CCN(CC)CC1. The van der Waals surface area contributed by atoms with Crippen molar-refractivity contribution in [1.82, 2.24) is 14.9 Å². The Morgan fingerprint density at radius 2 is 2.00 bits per heavy atom. The number of piperidine rings is 1. The van der Waals surface area contributed by atoms with Crippen LogP contribution in [0.1, 0.15) is 38.7 Å². The summed E-state index contributed by atoms with van der Waals surface area (Å²) in [4.78, 5) is 13.5. The fourth-order valence-corrected chi connectivity index (χ4v) is 3.01. The van der Waals surface area contributed by atoms with Gasteiger partial charge in [0.15, 0.2) is 0 Å². The Kier molecular flexibility index (Phi) is 5.17. The smallest absolute Gasteiger partial charge is 0.137 e. The first-order valence-electron chi connectivity index (χ1n) is 7.71. The Labute approximate surface area is 122 Å². The van der Waals surface area contributed by atoms with Crippen molar-refractivity contribution in [2.75, 3.05) is 37.3 Å². The Hall–Kier alpha value is -1.36. The van der Waals surface area contributed by atoms with E-state index in [4.69, 9.17) is 5.73 Å². The molecule has 0 spiro atoms. The summed E-state index contributed by atoms with van der Waals surface area (Å²) >= 11 is 0. The molecule has 1 fully saturated rings. The lowest BCUT2D eigenvalue weighted by Gasteiger charge is -2.37. The molecular formula is C15H27N5. The molecule has 2 N–H and O–H groups in total. The number of aromatic nitrogens is 2. The van der Waals surface area contributed by atoms with Crippen LogP contribution in [0.2, 0.25) is 0 Å². The van der Waals surface area contributed by atoms with E-state index in [1.807, 2.05) is 0 Å². The summed E-state index contributed by atoms with van der Waals surface area (Å²) in [5.41, 5.74) is 7.14. The largest absolute Gasteiger partial charge is 0.383 e. The third-order valence-electron chi connectivity index (χ3n) is 4.34. The van der Waals surface area contributed by atoms with Crippen LogP contribution in [0.4, 0.5) is 11.6 Å². The number of nitrogens with two attached hydrogens (primary N) is 1. The predicted molar refractivity (Wildman–Crippen MR) is 84.0 cm³/mol. The molecule has 1 aliphatic heterocycles. The molecule has 1 aromatic rings. The van der Waals surface area contributed by atoms with Crippen molar-refractivity contribution in [2.24, 2.45) is 0 Å². The van der Waals surface area contributed by atoms with Gasteiger partial charge in [-0.05, 0) is 25.8 Å². The molecule has 0 atom stereocenters. The van der Waals surface area contributed by atoms with Gasteiger partial charge in [0, 0.05) is 31.7 Å². The maximum atomic E-state index is 6.03. The van der Waals surface area contributed by atoms with E-state index in [1.165, 1.54) is 25.9 Å². The van der Waals surface area contributed by atoms with Gasteiger partial charge in [0.1, 0.15) is 18.0 Å². The molecule has 1 aromatic heterocycles. The summed E-state index contributed by atoms with van der Waals surface area (Å²) in [6.45, 7) is 7.90. The second kappa shape index (κ2) is 6.88. The summed E-state index contributed by atoms with van der Waals surface area (Å²) in [6, 6.07) is 0.558. The number of nitrogens with zero attached hydrogens (tertiary/aromatic N) is 4. The number of likely N-dealkylation sites (tertiary alicyclic amines) is 1. The standard InChI is InChI=1S/C15H27N5/c1-4-6-13-14(16)17-11-18-15(13)19(3)12-7-9-20(5-2)10-8-12/h11-12H,4-10H2,1-3H3,(H2,16,17,18). The van der Waals surface area contributed by atoms with Crippen LogP contribution in [-0.2, 0) is 6.42 Å². The number of nitrogen functional groups attached to an aromatic ring is 1. The van der Waals surface area contributed by atoms with Crippen molar-refractivity contribution in [3.05, 3.63) is 11.9 Å². The predicted octanol–water partition coefficient (Wildman–Crippen LogP) is 1.93. The molecule has 0 aliphatic carbocycles. The molecule has 5 heteroatoms. The van der Waals surface area contributed by atoms with Gasteiger partial charge < -0.3 is 15.5 Å². The van der Waals surface area contributed by atoms with Crippen LogP contribution < -0.4 is 10.6 Å². The van der Waals surface area contributed by atoms with Gasteiger partial charge in [-0.1, -0.05) is 20.3 Å². The van der Waals surface area contributed by atoms with Gasteiger partial charge in [-0.25, -0.2) is 9.97 Å². The van der Waals surface area contributed by atoms with E-state index in [1.54, 1.807) is 6.33 Å². The van der Waals surface area contributed by atoms with Gasteiger partial charge in [-0.15, -0.1) is 0 Å². The number of rotatable bonds is 5. The third kappa shape index (κ3) is 3.20. The van der Waals surface area contributed by atoms with Crippen LogP contribution in [0.25, 0.3) is 0 Å². The second-order valence-corrected chi connectivity index (χ2v) is 5.59. The highest BCUT2D eigenvalue weighted by molar-refractivity contribution is 5.56. The van der Waals surface area contributed by atoms with Crippen molar-refractivity contribution in [1.29, 1.82) is 0 Å². The fourth-order valence-electron chi connectivity index (χ4n) is 3.01. The highest BCUT2D eigenvalue weighted by Gasteiger charge is 2.24. The molecular weight excluding hydrogens is 250 g/mol. The lowest BCUT2D eigenvalue weighted by atomic mass is 10.0. The quantitative estimate of drug-likeness (QED) is 0.891. The van der Waals surface area contributed by atoms with Crippen molar-refractivity contribution in [3.8, 4) is 0 Å². The van der Waals surface area contributed by atoms with E-state index < -0.39 is 0 Å². The van der Waals surface area contributed by atoms with Crippen LogP contribution in [0.5, 0.6) is 0 Å². The summed E-state index contributed by atoms with van der Waals surface area (Å²) < 4.78 is 0. The Bertz CT molecular complexity index is 426. The van der Waals surface area contributed by atoms with Gasteiger partial charge in [-0.3, -0.25) is 0 Å². The zero-order valence-electron chi connectivity index (χ0n) is 13.0. The molecule has 2 rings (SSSR count). The summed E-state index contributed by atoms with van der Waals surface area (Å²) in [5, 5.41) is 0. The summed E-state index contributed by atoms with van der Waals surface area (Å²) in [5.74, 6) is 1.66. The van der Waals surface area contributed by atoms with Crippen LogP contribution in [0.3, 0.4) is 0 Å². The first-order chi connectivity index (χ1) is 9.67. The molecule has 0 amide bonds. The number of anilines is 2. The average Bonchev–Trinajstić information content (AvgIpc) is 2.49. The Morgan fingerprint density at radius 1 is 1.30 bits per heavy atom. The zero-order chi connectivity index (χ0) is 14.5. The maximum Gasteiger partial charge on any atom is 0.137 e. The van der Waals surface area contributed by atoms with E-state index in [-0.39, 0.29) is 0 Å². The fraction of sp³-hybridized carbons (Fsp3) is 0.733. The van der Waals surface area contributed by atoms with Crippen LogP contribution in [0.15, 0.2) is 6.33 Å². The van der Waals surface area contributed by atoms with Gasteiger partial charge in [-0.2, -0.15) is 0 Å². The topological polar surface area (TPSA) is 58.3 Å². The first kappa shape index (κ1) is 15.0. The van der Waals surface area contributed by atoms with Crippen LogP contribution in [0, 0.1) is 0 Å². The van der Waals surface area contributed by atoms with E-state index in [0.29, 0.717) is 11.9 Å². The molecule has 5 nitrogen and oxygen atoms in total. The molecule has 0 bridgehead atoms. The Morgan fingerprint density at radius 3 is 2.60 bits per heavy atom. The molecule has 112 valence electrons. The van der Waals surface area contributed by atoms with Crippen molar-refractivity contribution < 1.29 is 0 Å². The summed E-state index contributed by atoms with van der Waals surface area (Å²) in [6.07, 6.45) is 5.98. The Balaban J connectivity index is 2.13. The average molecular weight is 277 g/mol. The lowest BCUT2D eigenvalue weighted by Crippen LogP contribution is -2.44. The molecule has 0 radical (unpaired) electrons. The maximum absolute atomic E-state index is 6.03. The molecule has 1 saturated heterocycles. The molecule has 2 heterocycles. The highest BCUT2D eigenvalue weighted by atomic mass is 15.2. The molecule has 0 saturated carbocycles. The van der Waals surface area contributed by atoms with E-state index in [2.05, 4.69) is 40.7 Å². The third-order valence-corrected chi connectivity index (χ3v) is 4.34. The molecule has 20 heavy (non-hydrogen) atoms. The van der Waals surface area contributed by atoms with Gasteiger partial charge >= 0.3 is 0 Å². The second-order valence-electron chi connectivity index (χ2n) is 5.59. The van der Waals surface area contributed by atoms with Crippen molar-refractivity contribution in [3.63, 3.8) is 0 Å². The van der Waals surface area contributed by atoms with Gasteiger partial charge in [0.2, 0.25) is 0 Å². The number of hydrogen-bond donors (Lipinski definition) is 1. The lowest BCUT2D eigenvalue weighted by molar-refractivity contribution is 0.220. The molecule has 0 unspecified atom stereocenters. The van der Waals surface area contributed by atoms with Crippen LogP contribution in [-0.4, -0.2) is 47.6 Å². The van der Waals surface area contributed by atoms with Crippen molar-refractivity contribution in [2.45, 2.75) is 45.6 Å². The van der Waals surface area contributed by atoms with E-state index in [0.717, 1.165) is 30.8 Å². The normalized spacial score (nSPS) is 17.4. The van der Waals surface area contributed by atoms with E-state index in [9.17, 15) is 0 Å². The molecule has 1 aliphatic rings. The number of hydrogen-bond acceptors (Lipinski definition) is 5. The zero-order valence-corrected chi connectivity index (χ0v) is 13.0. The van der Waals surface area contributed by atoms with Crippen LogP contribution >= 0.6 is 0 Å². The first-order valence-corrected chi connectivity index (χ1v) is 7.71. The monoisotopic (exact) mass is 277 g/mol. The molecule has 0 aromatic carbocycles. The summed E-state index contributed by atoms with van der Waals surface area (Å²) in [7, 11) is 2.15. The highest BCUT2D eigenvalue weighted by Crippen LogP contribution is 2.26. The minimum absolute atomic E-state index is 0.558. The minimum Gasteiger partial charge on any atom is -0.383 e. The van der Waals surface area contributed by atoms with Crippen molar-refractivity contribution >= 4 is 11.6 Å².